The second-order valence-corrected chi connectivity index (χ2v) is 3.74. The van der Waals surface area contributed by atoms with Crippen molar-refractivity contribution in [1.29, 1.82) is 0 Å². The minimum absolute atomic E-state index is 0.0870. The molecular formula is C7H9IO3. The van der Waals surface area contributed by atoms with Gasteiger partial charge in [-0.05, 0) is 13.0 Å². The van der Waals surface area contributed by atoms with E-state index in [9.17, 15) is 9.59 Å². The van der Waals surface area contributed by atoms with E-state index in [4.69, 9.17) is 0 Å². The number of allylic oxidation sites excluding steroid dienone is 1. The average Bonchev–Trinajstić information content (AvgIpc) is 1.99. The van der Waals surface area contributed by atoms with Gasteiger partial charge in [0.2, 0.25) is 0 Å². The lowest BCUT2D eigenvalue weighted by atomic mass is 10.3. The molecule has 0 fully saturated rings. The van der Waals surface area contributed by atoms with Gasteiger partial charge in [0.25, 0.3) is 0 Å². The van der Waals surface area contributed by atoms with Gasteiger partial charge in [-0.1, -0.05) is 22.6 Å². The van der Waals surface area contributed by atoms with Crippen LogP contribution in [0.5, 0.6) is 0 Å². The van der Waals surface area contributed by atoms with E-state index in [1.54, 1.807) is 6.92 Å². The van der Waals surface area contributed by atoms with Crippen LogP contribution >= 0.6 is 22.6 Å². The van der Waals surface area contributed by atoms with Gasteiger partial charge in [0.05, 0.1) is 11.0 Å². The van der Waals surface area contributed by atoms with Crippen LogP contribution in [0.2, 0.25) is 0 Å². The van der Waals surface area contributed by atoms with E-state index < -0.39 is 5.97 Å². The topological polar surface area (TPSA) is 43.4 Å². The molecule has 0 aliphatic rings. The summed E-state index contributed by atoms with van der Waals surface area (Å²) >= 11 is 1.97. The van der Waals surface area contributed by atoms with E-state index in [2.05, 4.69) is 4.74 Å². The SMILES string of the molecule is COC(=O)/C=C/C(=O)C(C)I. The molecule has 4 heteroatoms. The summed E-state index contributed by atoms with van der Waals surface area (Å²) < 4.78 is 4.20. The molecule has 0 bridgehead atoms. The van der Waals surface area contributed by atoms with E-state index in [1.807, 2.05) is 22.6 Å². The lowest BCUT2D eigenvalue weighted by molar-refractivity contribution is -0.135. The Balaban J connectivity index is 3.93. The zero-order valence-corrected chi connectivity index (χ0v) is 8.49. The Labute approximate surface area is 78.9 Å². The second-order valence-electron chi connectivity index (χ2n) is 1.87. The van der Waals surface area contributed by atoms with E-state index in [-0.39, 0.29) is 9.71 Å². The fourth-order valence-corrected chi connectivity index (χ4v) is 0.558. The molecule has 3 nitrogen and oxygen atoms in total. The minimum atomic E-state index is -0.504. The molecule has 0 saturated heterocycles. The highest BCUT2D eigenvalue weighted by Crippen LogP contribution is 2.00. The minimum Gasteiger partial charge on any atom is -0.466 e. The fraction of sp³-hybridized carbons (Fsp3) is 0.429. The number of esters is 1. The third-order valence-electron chi connectivity index (χ3n) is 0.977. The van der Waals surface area contributed by atoms with Crippen LogP contribution < -0.4 is 0 Å². The van der Waals surface area contributed by atoms with Gasteiger partial charge in [0.15, 0.2) is 5.78 Å². The number of hydrogen-bond acceptors (Lipinski definition) is 3. The summed E-state index contributed by atoms with van der Waals surface area (Å²) in [6.07, 6.45) is 2.35. The van der Waals surface area contributed by atoms with Gasteiger partial charge < -0.3 is 4.74 Å². The first-order valence-electron chi connectivity index (χ1n) is 3.02. The number of rotatable bonds is 3. The van der Waals surface area contributed by atoms with Crippen LogP contribution in [-0.2, 0) is 14.3 Å². The van der Waals surface area contributed by atoms with Gasteiger partial charge in [-0.3, -0.25) is 4.79 Å². The second kappa shape index (κ2) is 5.29. The molecule has 62 valence electrons. The molecule has 11 heavy (non-hydrogen) atoms. The molecule has 0 aliphatic heterocycles. The van der Waals surface area contributed by atoms with Crippen molar-refractivity contribution >= 4 is 34.3 Å². The van der Waals surface area contributed by atoms with Crippen LogP contribution in [0.1, 0.15) is 6.92 Å². The van der Waals surface area contributed by atoms with Crippen molar-refractivity contribution in [2.24, 2.45) is 0 Å². The maximum Gasteiger partial charge on any atom is 0.330 e. The van der Waals surface area contributed by atoms with Crippen LogP contribution in [0.4, 0.5) is 0 Å². The van der Waals surface area contributed by atoms with Gasteiger partial charge in [-0.2, -0.15) is 0 Å². The molecule has 0 aromatic rings. The third-order valence-corrected chi connectivity index (χ3v) is 1.59. The molecule has 0 heterocycles. The highest BCUT2D eigenvalue weighted by atomic mass is 127. The van der Waals surface area contributed by atoms with Crippen molar-refractivity contribution in [2.75, 3.05) is 7.11 Å². The zero-order chi connectivity index (χ0) is 8.85. The highest BCUT2D eigenvalue weighted by Gasteiger charge is 2.04. The van der Waals surface area contributed by atoms with E-state index in [1.165, 1.54) is 13.2 Å². The lowest BCUT2D eigenvalue weighted by Crippen LogP contribution is -2.06. The van der Waals surface area contributed by atoms with Crippen molar-refractivity contribution in [3.63, 3.8) is 0 Å². The Morgan fingerprint density at radius 3 is 2.36 bits per heavy atom. The molecule has 0 saturated carbocycles. The Bertz CT molecular complexity index is 184. The number of carbonyl (C=O) groups excluding carboxylic acids is 2. The first kappa shape index (κ1) is 10.6. The molecule has 0 radical (unpaired) electrons. The van der Waals surface area contributed by atoms with Crippen LogP contribution in [0, 0.1) is 0 Å². The van der Waals surface area contributed by atoms with Crippen LogP contribution in [0.25, 0.3) is 0 Å². The average molecular weight is 268 g/mol. The highest BCUT2D eigenvalue weighted by molar-refractivity contribution is 14.1. The molecule has 0 aromatic carbocycles. The normalized spacial score (nSPS) is 13.0. The summed E-state index contributed by atoms with van der Waals surface area (Å²) in [4.78, 5) is 21.3. The maximum atomic E-state index is 10.9. The van der Waals surface area contributed by atoms with Crippen molar-refractivity contribution in [3.05, 3.63) is 12.2 Å². The predicted octanol–water partition coefficient (Wildman–Crippen LogP) is 1.11. The zero-order valence-electron chi connectivity index (χ0n) is 6.33. The Kier molecular flexibility index (Phi) is 5.10. The van der Waals surface area contributed by atoms with Crippen LogP contribution in [0.3, 0.4) is 0 Å². The van der Waals surface area contributed by atoms with Crippen molar-refractivity contribution in [3.8, 4) is 0 Å². The Morgan fingerprint density at radius 2 is 2.00 bits per heavy atom. The van der Waals surface area contributed by atoms with Crippen LogP contribution in [-0.4, -0.2) is 22.8 Å². The summed E-state index contributed by atoms with van der Waals surface area (Å²) in [5.74, 6) is -0.591. The summed E-state index contributed by atoms with van der Waals surface area (Å²) in [7, 11) is 1.27. The monoisotopic (exact) mass is 268 g/mol. The number of hydrogen-bond donors (Lipinski definition) is 0. The number of methoxy groups -OCH3 is 1. The summed E-state index contributed by atoms with van der Waals surface area (Å²) in [6.45, 7) is 1.75. The Morgan fingerprint density at radius 1 is 1.45 bits per heavy atom. The number of ether oxygens (including phenoxy) is 1. The molecule has 0 amide bonds. The maximum absolute atomic E-state index is 10.9. The third kappa shape index (κ3) is 4.94. The van der Waals surface area contributed by atoms with E-state index in [0.29, 0.717) is 0 Å². The van der Waals surface area contributed by atoms with E-state index >= 15 is 0 Å². The predicted molar refractivity (Wildman–Crippen MR) is 49.6 cm³/mol. The first-order valence-corrected chi connectivity index (χ1v) is 4.26. The Hall–Kier alpha value is -0.390. The number of ketones is 1. The quantitative estimate of drug-likeness (QED) is 0.333. The van der Waals surface area contributed by atoms with Gasteiger partial charge in [-0.25, -0.2) is 4.79 Å². The molecule has 0 aromatic heterocycles. The van der Waals surface area contributed by atoms with Gasteiger partial charge in [0.1, 0.15) is 0 Å². The molecule has 0 aliphatic carbocycles. The molecule has 0 rings (SSSR count). The first-order chi connectivity index (χ1) is 5.07. The molecule has 1 atom stereocenters. The number of carbonyl (C=O) groups is 2. The molecule has 0 spiro atoms. The number of halogens is 1. The lowest BCUT2D eigenvalue weighted by Gasteiger charge is -1.93. The fourth-order valence-electron chi connectivity index (χ4n) is 0.351. The summed E-state index contributed by atoms with van der Waals surface area (Å²) in [6, 6.07) is 0. The standard InChI is InChI=1S/C7H9IO3/c1-5(8)6(9)3-4-7(10)11-2/h3-5H,1-2H3/b4-3+. The largest absolute Gasteiger partial charge is 0.466 e. The van der Waals surface area contributed by atoms with Crippen LogP contribution in [0.15, 0.2) is 12.2 Å². The smallest absolute Gasteiger partial charge is 0.330 e. The van der Waals surface area contributed by atoms with Gasteiger partial charge in [0, 0.05) is 6.08 Å². The summed E-state index contributed by atoms with van der Waals surface area (Å²) in [5.41, 5.74) is 0. The van der Waals surface area contributed by atoms with Crippen molar-refractivity contribution in [1.82, 2.24) is 0 Å². The molecule has 0 N–H and O–H groups in total. The van der Waals surface area contributed by atoms with E-state index in [0.717, 1.165) is 6.08 Å². The van der Waals surface area contributed by atoms with Gasteiger partial charge in [-0.15, -0.1) is 0 Å². The van der Waals surface area contributed by atoms with Crippen molar-refractivity contribution < 1.29 is 14.3 Å². The molecular weight excluding hydrogens is 259 g/mol. The number of alkyl halides is 1. The van der Waals surface area contributed by atoms with Crippen molar-refractivity contribution in [2.45, 2.75) is 10.8 Å². The summed E-state index contributed by atoms with van der Waals surface area (Å²) in [5, 5.41) is 0. The molecule has 1 unspecified atom stereocenters. The van der Waals surface area contributed by atoms with Gasteiger partial charge >= 0.3 is 5.97 Å².